The minimum absolute atomic E-state index is 1.12. The van der Waals surface area contributed by atoms with Crippen molar-refractivity contribution in [3.63, 3.8) is 0 Å². The lowest BCUT2D eigenvalue weighted by atomic mass is 10.0. The normalized spacial score (nSPS) is 12.1. The molecule has 4 heteroatoms. The second-order valence-electron chi connectivity index (χ2n) is 15.3. The van der Waals surface area contributed by atoms with Crippen molar-refractivity contribution in [2.75, 3.05) is 0 Å². The van der Waals surface area contributed by atoms with Crippen molar-refractivity contribution in [1.82, 2.24) is 18.3 Å². The second kappa shape index (κ2) is 11.8. The highest BCUT2D eigenvalue weighted by Gasteiger charge is 2.28. The van der Waals surface area contributed by atoms with Crippen molar-refractivity contribution in [3.8, 4) is 22.7 Å². The predicted octanol–water partition coefficient (Wildman–Crippen LogP) is 14.1. The SMILES string of the molecule is c1ccc(-n2c3ccccc3c3c4c5ccccc5n(-c5ccc(-n6c7ccccc7c7ccccc76)cc5)c4c4c5ccccc5n(-c5ccccc5)c4c32)cc1. The maximum Gasteiger partial charge on any atom is 0.0810 e. The van der Waals surface area contributed by atoms with Gasteiger partial charge in [-0.1, -0.05) is 127 Å². The Hall–Kier alpha value is -7.82. The standard InChI is InChI=1S/C54H34N4/c1-3-17-35(18-4-1)57-47-29-15-10-24-42(47)50-49-41-23-9-14-28-46(41)56(38-33-31-37(32-34-38)55-44-26-12-7-21-39(44)40-22-8-13-27-45(40)55)52(49)51-43-25-11-16-30-48(43)58(54(51)53(50)57)36-19-5-2-6-20-36/h1-34H. The Labute approximate surface area is 333 Å². The maximum absolute atomic E-state index is 2.53. The molecule has 270 valence electrons. The average Bonchev–Trinajstić information content (AvgIpc) is 4.02. The van der Waals surface area contributed by atoms with E-state index in [9.17, 15) is 0 Å². The highest BCUT2D eigenvalue weighted by Crippen LogP contribution is 2.50. The van der Waals surface area contributed by atoms with Crippen LogP contribution in [0.4, 0.5) is 0 Å². The Morgan fingerprint density at radius 1 is 0.190 bits per heavy atom. The van der Waals surface area contributed by atoms with Gasteiger partial charge in [0.1, 0.15) is 0 Å². The van der Waals surface area contributed by atoms with Crippen LogP contribution in [0.15, 0.2) is 206 Å². The summed E-state index contributed by atoms with van der Waals surface area (Å²) in [5.41, 5.74) is 14.1. The van der Waals surface area contributed by atoms with Crippen molar-refractivity contribution < 1.29 is 0 Å². The fraction of sp³-hybridized carbons (Fsp3) is 0. The largest absolute Gasteiger partial charge is 0.309 e. The molecule has 9 aromatic carbocycles. The lowest BCUT2D eigenvalue weighted by Crippen LogP contribution is -2.00. The lowest BCUT2D eigenvalue weighted by Gasteiger charge is -2.15. The van der Waals surface area contributed by atoms with Crippen LogP contribution in [0.1, 0.15) is 0 Å². The van der Waals surface area contributed by atoms with Crippen LogP contribution in [0.25, 0.3) is 110 Å². The molecule has 0 aliphatic heterocycles. The third kappa shape index (κ3) is 4.13. The molecule has 0 atom stereocenters. The fourth-order valence-electron chi connectivity index (χ4n) is 10.1. The Bertz CT molecular complexity index is 3710. The van der Waals surface area contributed by atoms with Gasteiger partial charge in [0.05, 0.1) is 44.1 Å². The van der Waals surface area contributed by atoms with Gasteiger partial charge < -0.3 is 18.3 Å². The summed E-state index contributed by atoms with van der Waals surface area (Å²) < 4.78 is 9.92. The van der Waals surface area contributed by atoms with Gasteiger partial charge in [-0.2, -0.15) is 0 Å². The summed E-state index contributed by atoms with van der Waals surface area (Å²) in [6.45, 7) is 0. The fourth-order valence-corrected chi connectivity index (χ4v) is 10.1. The Morgan fingerprint density at radius 2 is 0.466 bits per heavy atom. The van der Waals surface area contributed by atoms with E-state index in [0.29, 0.717) is 0 Å². The summed E-state index contributed by atoms with van der Waals surface area (Å²) in [6, 6.07) is 75.3. The van der Waals surface area contributed by atoms with Gasteiger partial charge >= 0.3 is 0 Å². The molecule has 4 aromatic heterocycles. The summed E-state index contributed by atoms with van der Waals surface area (Å²) in [4.78, 5) is 0. The van der Waals surface area contributed by atoms with Crippen molar-refractivity contribution in [3.05, 3.63) is 206 Å². The molecule has 0 unspecified atom stereocenters. The van der Waals surface area contributed by atoms with Crippen molar-refractivity contribution in [2.45, 2.75) is 0 Å². The van der Waals surface area contributed by atoms with Crippen LogP contribution in [-0.2, 0) is 0 Å². The third-order valence-electron chi connectivity index (χ3n) is 12.3. The number of benzene rings is 9. The molecule has 58 heavy (non-hydrogen) atoms. The molecule has 4 heterocycles. The first-order valence-corrected chi connectivity index (χ1v) is 20.0. The van der Waals surface area contributed by atoms with Crippen LogP contribution in [0.2, 0.25) is 0 Å². The monoisotopic (exact) mass is 738 g/mol. The minimum atomic E-state index is 1.12. The molecule has 4 nitrogen and oxygen atoms in total. The lowest BCUT2D eigenvalue weighted by molar-refractivity contribution is 1.14. The van der Waals surface area contributed by atoms with Gasteiger partial charge in [0.15, 0.2) is 0 Å². The third-order valence-corrected chi connectivity index (χ3v) is 12.3. The Balaban J connectivity index is 1.23. The molecule has 0 fully saturated rings. The molecule has 0 spiro atoms. The van der Waals surface area contributed by atoms with Gasteiger partial charge in [-0.15, -0.1) is 0 Å². The molecule has 13 aromatic rings. The van der Waals surface area contributed by atoms with Gasteiger partial charge in [0.2, 0.25) is 0 Å². The summed E-state index contributed by atoms with van der Waals surface area (Å²) in [5.74, 6) is 0. The van der Waals surface area contributed by atoms with E-state index in [-0.39, 0.29) is 0 Å². The number of rotatable bonds is 4. The van der Waals surface area contributed by atoms with Gasteiger partial charge in [-0.3, -0.25) is 0 Å². The van der Waals surface area contributed by atoms with Crippen LogP contribution in [0, 0.1) is 0 Å². The molecule has 0 N–H and O–H groups in total. The first kappa shape index (κ1) is 31.4. The molecule has 0 saturated carbocycles. The highest BCUT2D eigenvalue weighted by molar-refractivity contribution is 6.40. The van der Waals surface area contributed by atoms with Crippen molar-refractivity contribution >= 4 is 87.2 Å². The van der Waals surface area contributed by atoms with Crippen LogP contribution < -0.4 is 0 Å². The topological polar surface area (TPSA) is 19.7 Å². The second-order valence-corrected chi connectivity index (χ2v) is 15.3. The maximum atomic E-state index is 2.53. The molecular formula is C54H34N4. The number of hydrogen-bond acceptors (Lipinski definition) is 0. The molecule has 0 bridgehead atoms. The molecule has 0 saturated heterocycles. The first-order chi connectivity index (χ1) is 28.8. The average molecular weight is 739 g/mol. The van der Waals surface area contributed by atoms with E-state index in [2.05, 4.69) is 225 Å². The number of fused-ring (bicyclic) bond motifs is 15. The quantitative estimate of drug-likeness (QED) is 0.171. The van der Waals surface area contributed by atoms with Gasteiger partial charge in [0.25, 0.3) is 0 Å². The molecular weight excluding hydrogens is 705 g/mol. The Kier molecular flexibility index (Phi) is 6.41. The van der Waals surface area contributed by atoms with Crippen LogP contribution in [0.3, 0.4) is 0 Å². The van der Waals surface area contributed by atoms with E-state index in [4.69, 9.17) is 0 Å². The minimum Gasteiger partial charge on any atom is -0.309 e. The summed E-state index contributed by atoms with van der Waals surface area (Å²) >= 11 is 0. The van der Waals surface area contributed by atoms with E-state index in [1.165, 1.54) is 87.2 Å². The molecule has 0 aliphatic rings. The van der Waals surface area contributed by atoms with E-state index in [1.54, 1.807) is 0 Å². The molecule has 0 amide bonds. The van der Waals surface area contributed by atoms with E-state index >= 15 is 0 Å². The number of aromatic nitrogens is 4. The molecule has 0 radical (unpaired) electrons. The number of nitrogens with zero attached hydrogens (tertiary/aromatic N) is 4. The molecule has 13 rings (SSSR count). The summed E-state index contributed by atoms with van der Waals surface area (Å²) in [6.07, 6.45) is 0. The van der Waals surface area contributed by atoms with Crippen LogP contribution in [0.5, 0.6) is 0 Å². The Morgan fingerprint density at radius 3 is 0.914 bits per heavy atom. The molecule has 0 aliphatic carbocycles. The zero-order chi connectivity index (χ0) is 37.9. The van der Waals surface area contributed by atoms with Crippen LogP contribution in [-0.4, -0.2) is 18.3 Å². The number of hydrogen-bond donors (Lipinski definition) is 0. The highest BCUT2D eigenvalue weighted by atomic mass is 15.1. The zero-order valence-corrected chi connectivity index (χ0v) is 31.4. The van der Waals surface area contributed by atoms with Gasteiger partial charge in [-0.05, 0) is 78.9 Å². The predicted molar refractivity (Wildman–Crippen MR) is 244 cm³/mol. The van der Waals surface area contributed by atoms with E-state index < -0.39 is 0 Å². The van der Waals surface area contributed by atoms with E-state index in [1.807, 2.05) is 0 Å². The van der Waals surface area contributed by atoms with Gasteiger partial charge in [0, 0.05) is 65.8 Å². The van der Waals surface area contributed by atoms with Gasteiger partial charge in [-0.25, -0.2) is 0 Å². The van der Waals surface area contributed by atoms with Crippen molar-refractivity contribution in [1.29, 1.82) is 0 Å². The summed E-state index contributed by atoms with van der Waals surface area (Å²) in [7, 11) is 0. The number of para-hydroxylation sites is 7. The summed E-state index contributed by atoms with van der Waals surface area (Å²) in [5, 5.41) is 10.0. The smallest absolute Gasteiger partial charge is 0.0810 e. The van der Waals surface area contributed by atoms with E-state index in [0.717, 1.165) is 22.7 Å². The van der Waals surface area contributed by atoms with Crippen LogP contribution >= 0.6 is 0 Å². The van der Waals surface area contributed by atoms with Crippen molar-refractivity contribution in [2.24, 2.45) is 0 Å². The first-order valence-electron chi connectivity index (χ1n) is 20.0. The zero-order valence-electron chi connectivity index (χ0n) is 31.4.